The lowest BCUT2D eigenvalue weighted by Gasteiger charge is -2.31. The Bertz CT molecular complexity index is 602. The first-order valence-electron chi connectivity index (χ1n) is 7.80. The van der Waals surface area contributed by atoms with Crippen LogP contribution in [0.1, 0.15) is 32.3 Å². The van der Waals surface area contributed by atoms with Crippen LogP contribution in [0.4, 0.5) is 0 Å². The highest BCUT2D eigenvalue weighted by atomic mass is 16.5. The van der Waals surface area contributed by atoms with Crippen LogP contribution in [0.3, 0.4) is 0 Å². The van der Waals surface area contributed by atoms with Crippen molar-refractivity contribution in [2.24, 2.45) is 5.92 Å². The first-order chi connectivity index (χ1) is 10.9. The lowest BCUT2D eigenvalue weighted by molar-refractivity contribution is 0.170. The average molecular weight is 318 g/mol. The predicted octanol–water partition coefficient (Wildman–Crippen LogP) is 3.05. The summed E-state index contributed by atoms with van der Waals surface area (Å²) in [5.41, 5.74) is 1.04. The SMILES string of the molecule is COc1ccc([C@@H]2CN(C(C)(C)C)C[C@H]2C#N)c(OC)c1OC. The van der Waals surface area contributed by atoms with Crippen LogP contribution in [0.25, 0.3) is 0 Å². The Hall–Kier alpha value is -1.93. The van der Waals surface area contributed by atoms with Gasteiger partial charge in [-0.15, -0.1) is 0 Å². The summed E-state index contributed by atoms with van der Waals surface area (Å²) in [6, 6.07) is 6.33. The van der Waals surface area contributed by atoms with Gasteiger partial charge in [0.25, 0.3) is 0 Å². The number of hydrogen-bond donors (Lipinski definition) is 0. The molecule has 0 saturated carbocycles. The van der Waals surface area contributed by atoms with Gasteiger partial charge in [-0.3, -0.25) is 4.90 Å². The summed E-state index contributed by atoms with van der Waals surface area (Å²) in [6.07, 6.45) is 0. The van der Waals surface area contributed by atoms with Gasteiger partial charge >= 0.3 is 0 Å². The molecule has 1 aliphatic rings. The van der Waals surface area contributed by atoms with E-state index in [2.05, 4.69) is 31.7 Å². The smallest absolute Gasteiger partial charge is 0.203 e. The van der Waals surface area contributed by atoms with Crippen LogP contribution in [0, 0.1) is 17.2 Å². The summed E-state index contributed by atoms with van der Waals surface area (Å²) in [6.45, 7) is 8.12. The molecule has 0 spiro atoms. The van der Waals surface area contributed by atoms with Gasteiger partial charge in [0.05, 0.1) is 33.3 Å². The Labute approximate surface area is 138 Å². The van der Waals surface area contributed by atoms with Crippen molar-refractivity contribution >= 4 is 0 Å². The van der Waals surface area contributed by atoms with E-state index >= 15 is 0 Å². The van der Waals surface area contributed by atoms with E-state index in [0.717, 1.165) is 18.7 Å². The molecule has 0 N–H and O–H groups in total. The van der Waals surface area contributed by atoms with Crippen molar-refractivity contribution in [3.05, 3.63) is 17.7 Å². The number of methoxy groups -OCH3 is 3. The summed E-state index contributed by atoms with van der Waals surface area (Å²) >= 11 is 0. The van der Waals surface area contributed by atoms with Gasteiger partial charge in [0.2, 0.25) is 5.75 Å². The number of benzene rings is 1. The lowest BCUT2D eigenvalue weighted by atomic mass is 9.89. The number of nitriles is 1. The van der Waals surface area contributed by atoms with E-state index < -0.39 is 0 Å². The van der Waals surface area contributed by atoms with Crippen LogP contribution in [-0.2, 0) is 0 Å². The zero-order valence-electron chi connectivity index (χ0n) is 14.8. The maximum Gasteiger partial charge on any atom is 0.203 e. The summed E-state index contributed by atoms with van der Waals surface area (Å²) in [4.78, 5) is 2.35. The third-order valence-electron chi connectivity index (χ3n) is 4.57. The van der Waals surface area contributed by atoms with Crippen LogP contribution in [0.5, 0.6) is 17.2 Å². The highest BCUT2D eigenvalue weighted by Crippen LogP contribution is 2.46. The fraction of sp³-hybridized carbons (Fsp3) is 0.611. The molecule has 2 atom stereocenters. The van der Waals surface area contributed by atoms with Crippen molar-refractivity contribution in [1.82, 2.24) is 4.90 Å². The van der Waals surface area contributed by atoms with Crippen LogP contribution in [0.2, 0.25) is 0 Å². The molecule has 1 aromatic carbocycles. The Morgan fingerprint density at radius 2 is 1.70 bits per heavy atom. The monoisotopic (exact) mass is 318 g/mol. The summed E-state index contributed by atoms with van der Waals surface area (Å²) in [5, 5.41) is 9.60. The molecule has 5 nitrogen and oxygen atoms in total. The normalized spacial score (nSPS) is 21.8. The molecule has 1 fully saturated rings. The Morgan fingerprint density at radius 1 is 1.04 bits per heavy atom. The molecule has 0 radical (unpaired) electrons. The molecule has 1 heterocycles. The van der Waals surface area contributed by atoms with Gasteiger partial charge in [-0.25, -0.2) is 0 Å². The second-order valence-electron chi connectivity index (χ2n) is 6.84. The topological polar surface area (TPSA) is 54.7 Å². The number of likely N-dealkylation sites (tertiary alicyclic amines) is 1. The third kappa shape index (κ3) is 3.23. The third-order valence-corrected chi connectivity index (χ3v) is 4.57. The van der Waals surface area contributed by atoms with Crippen LogP contribution < -0.4 is 14.2 Å². The molecule has 23 heavy (non-hydrogen) atoms. The number of ether oxygens (including phenoxy) is 3. The first-order valence-corrected chi connectivity index (χ1v) is 7.80. The molecule has 0 amide bonds. The minimum Gasteiger partial charge on any atom is -0.493 e. The van der Waals surface area contributed by atoms with E-state index in [-0.39, 0.29) is 17.4 Å². The quantitative estimate of drug-likeness (QED) is 0.854. The minimum absolute atomic E-state index is 0.0354. The Kier molecular flexibility index (Phi) is 5.06. The zero-order chi connectivity index (χ0) is 17.2. The second kappa shape index (κ2) is 6.67. The molecular formula is C18H26N2O3. The van der Waals surface area contributed by atoms with E-state index in [0.29, 0.717) is 17.2 Å². The Morgan fingerprint density at radius 3 is 2.17 bits per heavy atom. The van der Waals surface area contributed by atoms with Crippen molar-refractivity contribution in [2.75, 3.05) is 34.4 Å². The van der Waals surface area contributed by atoms with Crippen LogP contribution in [-0.4, -0.2) is 44.9 Å². The summed E-state index contributed by atoms with van der Waals surface area (Å²) in [7, 11) is 4.83. The van der Waals surface area contributed by atoms with E-state index in [9.17, 15) is 5.26 Å². The van der Waals surface area contributed by atoms with Crippen molar-refractivity contribution < 1.29 is 14.2 Å². The van der Waals surface area contributed by atoms with Crippen LogP contribution >= 0.6 is 0 Å². The molecule has 0 bridgehead atoms. The van der Waals surface area contributed by atoms with Gasteiger partial charge in [-0.2, -0.15) is 5.26 Å². The Balaban J connectivity index is 2.47. The fourth-order valence-corrected chi connectivity index (χ4v) is 3.21. The minimum atomic E-state index is -0.0683. The molecule has 1 aromatic rings. The van der Waals surface area contributed by atoms with Crippen molar-refractivity contribution in [3.63, 3.8) is 0 Å². The van der Waals surface area contributed by atoms with E-state index in [1.165, 1.54) is 0 Å². The van der Waals surface area contributed by atoms with Gasteiger partial charge in [0, 0.05) is 30.1 Å². The van der Waals surface area contributed by atoms with E-state index in [4.69, 9.17) is 14.2 Å². The maximum absolute atomic E-state index is 9.60. The highest BCUT2D eigenvalue weighted by molar-refractivity contribution is 5.57. The van der Waals surface area contributed by atoms with Gasteiger partial charge in [0.1, 0.15) is 0 Å². The molecule has 5 heteroatoms. The molecule has 1 saturated heterocycles. The molecule has 1 aliphatic heterocycles. The van der Waals surface area contributed by atoms with Gasteiger partial charge in [0.15, 0.2) is 11.5 Å². The first kappa shape index (κ1) is 17.4. The maximum atomic E-state index is 9.60. The van der Waals surface area contributed by atoms with Crippen molar-refractivity contribution in [3.8, 4) is 23.3 Å². The highest BCUT2D eigenvalue weighted by Gasteiger charge is 2.40. The van der Waals surface area contributed by atoms with Gasteiger partial charge in [-0.1, -0.05) is 6.07 Å². The van der Waals surface area contributed by atoms with Gasteiger partial charge in [-0.05, 0) is 26.8 Å². The standard InChI is InChI=1S/C18H26N2O3/c1-18(2,3)20-10-12(9-19)14(11-20)13-7-8-15(21-4)17(23-6)16(13)22-5/h7-8,12,14H,10-11H2,1-6H3/t12-,14-/m1/s1. The van der Waals surface area contributed by atoms with Crippen molar-refractivity contribution in [2.45, 2.75) is 32.2 Å². The van der Waals surface area contributed by atoms with Crippen LogP contribution in [0.15, 0.2) is 12.1 Å². The predicted molar refractivity (Wildman–Crippen MR) is 89.3 cm³/mol. The lowest BCUT2D eigenvalue weighted by Crippen LogP contribution is -2.39. The number of nitrogens with zero attached hydrogens (tertiary/aromatic N) is 2. The molecule has 2 rings (SSSR count). The largest absolute Gasteiger partial charge is 0.493 e. The summed E-state index contributed by atoms with van der Waals surface area (Å²) < 4.78 is 16.4. The second-order valence-corrected chi connectivity index (χ2v) is 6.84. The van der Waals surface area contributed by atoms with Crippen molar-refractivity contribution in [1.29, 1.82) is 5.26 Å². The fourth-order valence-electron chi connectivity index (χ4n) is 3.21. The molecule has 0 unspecified atom stereocenters. The zero-order valence-corrected chi connectivity index (χ0v) is 14.8. The van der Waals surface area contributed by atoms with E-state index in [1.54, 1.807) is 21.3 Å². The van der Waals surface area contributed by atoms with Gasteiger partial charge < -0.3 is 14.2 Å². The van der Waals surface area contributed by atoms with E-state index in [1.807, 2.05) is 12.1 Å². The number of rotatable bonds is 4. The molecule has 0 aromatic heterocycles. The average Bonchev–Trinajstić information content (AvgIpc) is 2.97. The molecule has 0 aliphatic carbocycles. The summed E-state index contributed by atoms with van der Waals surface area (Å²) in [5.74, 6) is 1.90. The molecular weight excluding hydrogens is 292 g/mol. The molecule has 126 valence electrons. The number of hydrogen-bond acceptors (Lipinski definition) is 5.